The number of benzene rings is 1. The van der Waals surface area contributed by atoms with Gasteiger partial charge in [-0.15, -0.1) is 11.3 Å². The zero-order valence-electron chi connectivity index (χ0n) is 12.0. The molecule has 0 radical (unpaired) electrons. The molecule has 1 heterocycles. The molecule has 0 aliphatic heterocycles. The molecule has 5 heteroatoms. The number of carbonyl (C=O) groups excluding carboxylic acids is 1. The van der Waals surface area contributed by atoms with Gasteiger partial charge in [-0.1, -0.05) is 37.3 Å². The summed E-state index contributed by atoms with van der Waals surface area (Å²) < 4.78 is 0.965. The molecule has 0 aliphatic rings. The van der Waals surface area contributed by atoms with E-state index in [4.69, 9.17) is 0 Å². The highest BCUT2D eigenvalue weighted by Gasteiger charge is 2.16. The third-order valence-corrected chi connectivity index (χ3v) is 4.70. The molecule has 1 amide bonds. The number of nitrogens with zero attached hydrogens (tertiary/aromatic N) is 1. The Morgan fingerprint density at radius 1 is 1.45 bits per heavy atom. The number of hydrogen-bond acceptors (Lipinski definition) is 3. The lowest BCUT2D eigenvalue weighted by molar-refractivity contribution is -0.117. The first-order valence-electron chi connectivity index (χ1n) is 6.85. The Balaban J connectivity index is 2.15. The highest BCUT2D eigenvalue weighted by Crippen LogP contribution is 2.23. The lowest BCUT2D eigenvalue weighted by Gasteiger charge is -2.17. The van der Waals surface area contributed by atoms with E-state index in [1.165, 1.54) is 11.3 Å². The summed E-state index contributed by atoms with van der Waals surface area (Å²) in [5, 5.41) is 14.0. The Labute approximate surface area is 142 Å². The number of thiophene rings is 1. The Hall–Kier alpha value is -1.90. The van der Waals surface area contributed by atoms with Crippen molar-refractivity contribution in [2.75, 3.05) is 0 Å². The van der Waals surface area contributed by atoms with Crippen LogP contribution in [0.25, 0.3) is 6.08 Å². The summed E-state index contributed by atoms with van der Waals surface area (Å²) in [6, 6.07) is 13.5. The maximum absolute atomic E-state index is 12.3. The van der Waals surface area contributed by atoms with Crippen molar-refractivity contribution in [1.29, 1.82) is 5.26 Å². The lowest BCUT2D eigenvalue weighted by atomic mass is 10.0. The van der Waals surface area contributed by atoms with Crippen molar-refractivity contribution in [3.63, 3.8) is 0 Å². The van der Waals surface area contributed by atoms with Crippen molar-refractivity contribution in [1.82, 2.24) is 5.32 Å². The number of hydrogen-bond donors (Lipinski definition) is 1. The molecular weight excluding hydrogens is 360 g/mol. The van der Waals surface area contributed by atoms with Gasteiger partial charge in [-0.2, -0.15) is 5.26 Å². The Morgan fingerprint density at radius 2 is 2.18 bits per heavy atom. The van der Waals surface area contributed by atoms with Crippen LogP contribution in [0.5, 0.6) is 0 Å². The Bertz CT molecular complexity index is 716. The predicted octanol–water partition coefficient (Wildman–Crippen LogP) is 4.69. The fourth-order valence-corrected chi connectivity index (χ4v) is 3.19. The normalized spacial score (nSPS) is 12.5. The van der Waals surface area contributed by atoms with E-state index in [0.29, 0.717) is 0 Å². The fourth-order valence-electron chi connectivity index (χ4n) is 2.06. The third-order valence-electron chi connectivity index (χ3n) is 3.18. The second kappa shape index (κ2) is 7.92. The predicted molar refractivity (Wildman–Crippen MR) is 93.2 cm³/mol. The second-order valence-electron chi connectivity index (χ2n) is 4.70. The molecular formula is C17H15BrN2OS. The van der Waals surface area contributed by atoms with Crippen LogP contribution in [0, 0.1) is 11.3 Å². The Morgan fingerprint density at radius 3 is 2.73 bits per heavy atom. The highest BCUT2D eigenvalue weighted by atomic mass is 79.9. The van der Waals surface area contributed by atoms with Gasteiger partial charge in [0.15, 0.2) is 0 Å². The highest BCUT2D eigenvalue weighted by molar-refractivity contribution is 9.11. The van der Waals surface area contributed by atoms with E-state index in [-0.39, 0.29) is 17.5 Å². The first-order valence-corrected chi connectivity index (χ1v) is 8.53. The largest absolute Gasteiger partial charge is 0.345 e. The van der Waals surface area contributed by atoms with Gasteiger partial charge in [0.1, 0.15) is 11.6 Å². The topological polar surface area (TPSA) is 52.9 Å². The zero-order chi connectivity index (χ0) is 15.9. The second-order valence-corrected chi connectivity index (χ2v) is 6.99. The molecule has 22 heavy (non-hydrogen) atoms. The number of carbonyl (C=O) groups is 1. The Kier molecular flexibility index (Phi) is 5.93. The van der Waals surface area contributed by atoms with E-state index in [2.05, 4.69) is 21.2 Å². The molecule has 1 atom stereocenters. The number of halogens is 1. The summed E-state index contributed by atoms with van der Waals surface area (Å²) in [6.07, 6.45) is 2.37. The van der Waals surface area contributed by atoms with Gasteiger partial charge in [0, 0.05) is 0 Å². The van der Waals surface area contributed by atoms with Crippen molar-refractivity contribution < 1.29 is 4.79 Å². The minimum atomic E-state index is -0.347. The van der Waals surface area contributed by atoms with Crippen LogP contribution in [0.4, 0.5) is 0 Å². The summed E-state index contributed by atoms with van der Waals surface area (Å²) in [6.45, 7) is 2.00. The summed E-state index contributed by atoms with van der Waals surface area (Å²) in [4.78, 5) is 12.3. The molecule has 0 saturated heterocycles. The molecule has 1 N–H and O–H groups in total. The molecule has 0 bridgehead atoms. The minimum Gasteiger partial charge on any atom is -0.345 e. The van der Waals surface area contributed by atoms with Gasteiger partial charge < -0.3 is 5.32 Å². The first-order chi connectivity index (χ1) is 10.6. The number of amides is 1. The van der Waals surface area contributed by atoms with Gasteiger partial charge in [0.2, 0.25) is 0 Å². The van der Waals surface area contributed by atoms with Gasteiger partial charge in [0.05, 0.1) is 9.83 Å². The molecule has 3 nitrogen and oxygen atoms in total. The molecule has 1 aromatic heterocycles. The van der Waals surface area contributed by atoms with E-state index in [1.807, 2.05) is 54.8 Å². The molecule has 112 valence electrons. The average Bonchev–Trinajstić information content (AvgIpc) is 2.96. The van der Waals surface area contributed by atoms with E-state index < -0.39 is 0 Å². The van der Waals surface area contributed by atoms with E-state index in [9.17, 15) is 10.1 Å². The van der Waals surface area contributed by atoms with Crippen LogP contribution in [-0.4, -0.2) is 5.91 Å². The summed E-state index contributed by atoms with van der Waals surface area (Å²) in [5.41, 5.74) is 1.99. The van der Waals surface area contributed by atoms with Crippen LogP contribution in [0.1, 0.15) is 30.5 Å². The monoisotopic (exact) mass is 374 g/mol. The van der Waals surface area contributed by atoms with Gasteiger partial charge in [-0.3, -0.25) is 4.79 Å². The zero-order valence-corrected chi connectivity index (χ0v) is 14.4. The van der Waals surface area contributed by atoms with Crippen LogP contribution in [0.2, 0.25) is 0 Å². The number of nitriles is 1. The molecule has 0 aliphatic carbocycles. The van der Waals surface area contributed by atoms with Crippen LogP contribution < -0.4 is 5.32 Å². The maximum atomic E-state index is 12.3. The smallest absolute Gasteiger partial charge is 0.262 e. The molecule has 0 saturated carbocycles. The van der Waals surface area contributed by atoms with Crippen LogP contribution in [-0.2, 0) is 4.79 Å². The van der Waals surface area contributed by atoms with Crippen molar-refractivity contribution >= 4 is 39.2 Å². The number of rotatable bonds is 5. The SMILES string of the molecule is CCC(NC(=O)/C(C#N)=C/c1csc(Br)c1)c1ccccc1. The van der Waals surface area contributed by atoms with E-state index in [0.717, 1.165) is 21.3 Å². The van der Waals surface area contributed by atoms with Crippen molar-refractivity contribution in [3.8, 4) is 6.07 Å². The van der Waals surface area contributed by atoms with Gasteiger partial charge in [-0.05, 0) is 51.0 Å². The minimum absolute atomic E-state index is 0.0975. The van der Waals surface area contributed by atoms with E-state index in [1.54, 1.807) is 6.08 Å². The van der Waals surface area contributed by atoms with Gasteiger partial charge in [-0.25, -0.2) is 0 Å². The first kappa shape index (κ1) is 16.5. The van der Waals surface area contributed by atoms with Gasteiger partial charge in [0.25, 0.3) is 5.91 Å². The lowest BCUT2D eigenvalue weighted by Crippen LogP contribution is -2.29. The van der Waals surface area contributed by atoms with Gasteiger partial charge >= 0.3 is 0 Å². The summed E-state index contributed by atoms with van der Waals surface area (Å²) >= 11 is 4.88. The molecule has 2 aromatic rings. The quantitative estimate of drug-likeness (QED) is 0.609. The molecule has 0 fully saturated rings. The molecule has 0 spiro atoms. The van der Waals surface area contributed by atoms with Crippen molar-refractivity contribution in [2.24, 2.45) is 0 Å². The fraction of sp³-hybridized carbons (Fsp3) is 0.176. The van der Waals surface area contributed by atoms with Crippen molar-refractivity contribution in [2.45, 2.75) is 19.4 Å². The number of nitrogens with one attached hydrogen (secondary N) is 1. The van der Waals surface area contributed by atoms with E-state index >= 15 is 0 Å². The average molecular weight is 375 g/mol. The summed E-state index contributed by atoms with van der Waals surface area (Å²) in [7, 11) is 0. The van der Waals surface area contributed by atoms with Crippen LogP contribution in [0.15, 0.2) is 51.1 Å². The maximum Gasteiger partial charge on any atom is 0.262 e. The van der Waals surface area contributed by atoms with Crippen molar-refractivity contribution in [3.05, 3.63) is 62.3 Å². The molecule has 2 rings (SSSR count). The standard InChI is InChI=1S/C17H15BrN2OS/c1-2-15(13-6-4-3-5-7-13)20-17(21)14(10-19)8-12-9-16(18)22-11-12/h3-9,11,15H,2H2,1H3,(H,20,21)/b14-8+. The third kappa shape index (κ3) is 4.30. The summed E-state index contributed by atoms with van der Waals surface area (Å²) in [5.74, 6) is -0.347. The van der Waals surface area contributed by atoms with Crippen LogP contribution >= 0.6 is 27.3 Å². The molecule has 1 aromatic carbocycles. The molecule has 1 unspecified atom stereocenters. The van der Waals surface area contributed by atoms with Crippen LogP contribution in [0.3, 0.4) is 0 Å².